The Kier molecular flexibility index (Phi) is 3.74. The molecule has 1 N–H and O–H groups in total. The molecule has 1 aliphatic heterocycles. The van der Waals surface area contributed by atoms with Crippen molar-refractivity contribution in [3.05, 3.63) is 16.3 Å². The summed E-state index contributed by atoms with van der Waals surface area (Å²) >= 11 is 0.944. The Balaban J connectivity index is 2.36. The van der Waals surface area contributed by atoms with E-state index in [2.05, 4.69) is 0 Å². The van der Waals surface area contributed by atoms with Gasteiger partial charge in [-0.25, -0.2) is 13.2 Å². The molecule has 7 heteroatoms. The Bertz CT molecular complexity index is 549. The molecule has 0 aliphatic carbocycles. The van der Waals surface area contributed by atoms with Crippen LogP contribution in [0.2, 0.25) is 0 Å². The van der Waals surface area contributed by atoms with E-state index in [0.29, 0.717) is 19.0 Å². The third-order valence-electron chi connectivity index (χ3n) is 3.06. The highest BCUT2D eigenvalue weighted by molar-refractivity contribution is 7.89. The van der Waals surface area contributed by atoms with Crippen LogP contribution in [0, 0.1) is 5.92 Å². The number of sulfonamides is 1. The van der Waals surface area contributed by atoms with E-state index in [4.69, 9.17) is 5.11 Å². The molecule has 1 unspecified atom stereocenters. The van der Waals surface area contributed by atoms with Gasteiger partial charge in [0.15, 0.2) is 0 Å². The molecule has 0 amide bonds. The van der Waals surface area contributed by atoms with Crippen molar-refractivity contribution in [3.8, 4) is 0 Å². The molecular weight excluding hydrogens is 274 g/mol. The zero-order chi connectivity index (χ0) is 13.3. The number of rotatable bonds is 3. The Labute approximate surface area is 110 Å². The summed E-state index contributed by atoms with van der Waals surface area (Å²) in [5.74, 6) is -0.867. The first-order valence-electron chi connectivity index (χ1n) is 5.74. The summed E-state index contributed by atoms with van der Waals surface area (Å²) in [4.78, 5) is 10.8. The smallest absolute Gasteiger partial charge is 0.347 e. The number of nitrogens with zero attached hydrogens (tertiary/aromatic N) is 1. The summed E-state index contributed by atoms with van der Waals surface area (Å²) in [7, 11) is -3.66. The number of carbonyl (C=O) groups is 1. The summed E-state index contributed by atoms with van der Waals surface area (Å²) in [5.41, 5.74) is 0. The maximum Gasteiger partial charge on any atom is 0.347 e. The first-order chi connectivity index (χ1) is 8.43. The zero-order valence-corrected chi connectivity index (χ0v) is 11.6. The van der Waals surface area contributed by atoms with Crippen molar-refractivity contribution >= 4 is 27.3 Å². The molecule has 0 radical (unpaired) electrons. The van der Waals surface area contributed by atoms with Crippen LogP contribution in [0.5, 0.6) is 0 Å². The monoisotopic (exact) mass is 289 g/mol. The lowest BCUT2D eigenvalue weighted by atomic mass is 10.0. The Hall–Kier alpha value is -0.920. The second kappa shape index (κ2) is 4.99. The summed E-state index contributed by atoms with van der Waals surface area (Å²) in [6.45, 7) is 2.95. The molecule has 1 aliphatic rings. The number of hydrogen-bond acceptors (Lipinski definition) is 4. The van der Waals surface area contributed by atoms with Crippen LogP contribution in [0.4, 0.5) is 0 Å². The van der Waals surface area contributed by atoms with E-state index in [1.54, 1.807) is 0 Å². The molecule has 18 heavy (non-hydrogen) atoms. The van der Waals surface area contributed by atoms with E-state index < -0.39 is 16.0 Å². The lowest BCUT2D eigenvalue weighted by Crippen LogP contribution is -2.39. The Morgan fingerprint density at radius 2 is 2.28 bits per heavy atom. The van der Waals surface area contributed by atoms with Gasteiger partial charge in [0, 0.05) is 13.1 Å². The van der Waals surface area contributed by atoms with Gasteiger partial charge in [0.1, 0.15) is 9.77 Å². The first kappa shape index (κ1) is 13.5. The molecule has 1 saturated heterocycles. The third kappa shape index (κ3) is 2.43. The summed E-state index contributed by atoms with van der Waals surface area (Å²) < 4.78 is 26.2. The van der Waals surface area contributed by atoms with Crippen LogP contribution in [-0.2, 0) is 10.0 Å². The average molecular weight is 289 g/mol. The van der Waals surface area contributed by atoms with Crippen molar-refractivity contribution in [1.29, 1.82) is 0 Å². The number of thiophene rings is 1. The van der Waals surface area contributed by atoms with Crippen molar-refractivity contribution in [2.45, 2.75) is 24.7 Å². The molecule has 0 bridgehead atoms. The van der Waals surface area contributed by atoms with E-state index in [9.17, 15) is 13.2 Å². The van der Waals surface area contributed by atoms with Crippen LogP contribution < -0.4 is 0 Å². The van der Waals surface area contributed by atoms with Crippen LogP contribution in [0.3, 0.4) is 0 Å². The van der Waals surface area contributed by atoms with E-state index >= 15 is 0 Å². The SMILES string of the molecule is CC1CCCN(S(=O)(=O)c2ccsc2C(=O)O)C1. The maximum atomic E-state index is 12.4. The third-order valence-corrected chi connectivity index (χ3v) is 6.00. The molecule has 1 aromatic rings. The lowest BCUT2D eigenvalue weighted by molar-refractivity contribution is 0.0698. The zero-order valence-electron chi connectivity index (χ0n) is 10.00. The van der Waals surface area contributed by atoms with Crippen LogP contribution in [0.15, 0.2) is 16.3 Å². The topological polar surface area (TPSA) is 74.7 Å². The summed E-state index contributed by atoms with van der Waals surface area (Å²) in [6.07, 6.45) is 1.84. The number of aromatic carboxylic acids is 1. The molecule has 1 fully saturated rings. The van der Waals surface area contributed by atoms with E-state index in [-0.39, 0.29) is 9.77 Å². The maximum absolute atomic E-state index is 12.4. The second-order valence-electron chi connectivity index (χ2n) is 4.53. The van der Waals surface area contributed by atoms with Crippen molar-refractivity contribution in [2.75, 3.05) is 13.1 Å². The van der Waals surface area contributed by atoms with Gasteiger partial charge in [-0.1, -0.05) is 6.92 Å². The first-order valence-corrected chi connectivity index (χ1v) is 8.06. The summed E-state index contributed by atoms with van der Waals surface area (Å²) in [5, 5.41) is 10.5. The van der Waals surface area contributed by atoms with Crippen LogP contribution in [-0.4, -0.2) is 36.9 Å². The highest BCUT2D eigenvalue weighted by Crippen LogP contribution is 2.28. The molecule has 2 heterocycles. The molecular formula is C11H15NO4S2. The minimum atomic E-state index is -3.66. The van der Waals surface area contributed by atoms with Crippen LogP contribution in [0.25, 0.3) is 0 Å². The van der Waals surface area contributed by atoms with Gasteiger partial charge in [0.25, 0.3) is 0 Å². The minimum absolute atomic E-state index is 0.0749. The number of carboxylic acids is 1. The Morgan fingerprint density at radius 3 is 2.89 bits per heavy atom. The molecule has 1 atom stereocenters. The molecule has 1 aromatic heterocycles. The molecule has 0 aromatic carbocycles. The van der Waals surface area contributed by atoms with Gasteiger partial charge in [0.05, 0.1) is 0 Å². The molecule has 0 spiro atoms. The highest BCUT2D eigenvalue weighted by Gasteiger charge is 2.32. The van der Waals surface area contributed by atoms with E-state index in [0.717, 1.165) is 24.2 Å². The van der Waals surface area contributed by atoms with Crippen LogP contribution in [0.1, 0.15) is 29.4 Å². The second-order valence-corrected chi connectivity index (χ2v) is 7.35. The number of hydrogen-bond donors (Lipinski definition) is 1. The molecule has 2 rings (SSSR count). The lowest BCUT2D eigenvalue weighted by Gasteiger charge is -2.29. The van der Waals surface area contributed by atoms with Crippen molar-refractivity contribution in [2.24, 2.45) is 5.92 Å². The van der Waals surface area contributed by atoms with Gasteiger partial charge in [0.2, 0.25) is 10.0 Å². The quantitative estimate of drug-likeness (QED) is 0.921. The van der Waals surface area contributed by atoms with Gasteiger partial charge in [-0.2, -0.15) is 4.31 Å². The van der Waals surface area contributed by atoms with E-state index in [1.165, 1.54) is 15.8 Å². The highest BCUT2D eigenvalue weighted by atomic mass is 32.2. The number of carboxylic acid groups (broad SMARTS) is 1. The largest absolute Gasteiger partial charge is 0.477 e. The fourth-order valence-corrected chi connectivity index (χ4v) is 4.99. The Morgan fingerprint density at radius 1 is 1.56 bits per heavy atom. The summed E-state index contributed by atoms with van der Waals surface area (Å²) in [6, 6.07) is 1.38. The van der Waals surface area contributed by atoms with Gasteiger partial charge >= 0.3 is 5.97 Å². The normalized spacial score (nSPS) is 21.9. The van der Waals surface area contributed by atoms with E-state index in [1.807, 2.05) is 6.92 Å². The predicted molar refractivity (Wildman–Crippen MR) is 68.4 cm³/mol. The standard InChI is InChI=1S/C11H15NO4S2/c1-8-3-2-5-12(7-8)18(15,16)9-4-6-17-10(9)11(13)14/h4,6,8H,2-3,5,7H2,1H3,(H,13,14). The van der Waals surface area contributed by atoms with Gasteiger partial charge in [-0.3, -0.25) is 0 Å². The fraction of sp³-hybridized carbons (Fsp3) is 0.545. The molecule has 5 nitrogen and oxygen atoms in total. The fourth-order valence-electron chi connectivity index (χ4n) is 2.16. The molecule has 100 valence electrons. The predicted octanol–water partition coefficient (Wildman–Crippen LogP) is 1.87. The molecule has 0 saturated carbocycles. The van der Waals surface area contributed by atoms with Crippen molar-refractivity contribution in [1.82, 2.24) is 4.31 Å². The number of piperidine rings is 1. The van der Waals surface area contributed by atoms with Gasteiger partial charge < -0.3 is 5.11 Å². The minimum Gasteiger partial charge on any atom is -0.477 e. The average Bonchev–Trinajstić information content (AvgIpc) is 2.78. The van der Waals surface area contributed by atoms with Crippen molar-refractivity contribution in [3.63, 3.8) is 0 Å². The van der Waals surface area contributed by atoms with Crippen molar-refractivity contribution < 1.29 is 18.3 Å². The van der Waals surface area contributed by atoms with Crippen LogP contribution >= 0.6 is 11.3 Å². The van der Waals surface area contributed by atoms with Gasteiger partial charge in [-0.05, 0) is 30.2 Å². The van der Waals surface area contributed by atoms with Gasteiger partial charge in [-0.15, -0.1) is 11.3 Å².